The third-order valence-electron chi connectivity index (χ3n) is 2.53. The Morgan fingerprint density at radius 2 is 1.94 bits per heavy atom. The van der Waals surface area contributed by atoms with E-state index < -0.39 is 0 Å². The quantitative estimate of drug-likeness (QED) is 0.452. The molecule has 0 unspecified atom stereocenters. The van der Waals surface area contributed by atoms with E-state index in [0.29, 0.717) is 5.82 Å². The Morgan fingerprint density at radius 3 is 2.71 bits per heavy atom. The van der Waals surface area contributed by atoms with E-state index in [2.05, 4.69) is 25.6 Å². The second-order valence-electron chi connectivity index (χ2n) is 3.53. The molecule has 1 aromatic carbocycles. The van der Waals surface area contributed by atoms with Crippen molar-refractivity contribution >= 4 is 16.9 Å². The first kappa shape index (κ1) is 9.73. The molecule has 2 heterocycles. The zero-order valence-electron chi connectivity index (χ0n) is 8.88. The second-order valence-corrected chi connectivity index (χ2v) is 3.53. The highest BCUT2D eigenvalue weighted by Gasteiger charge is 2.12. The summed E-state index contributed by atoms with van der Waals surface area (Å²) >= 11 is 0. The van der Waals surface area contributed by atoms with Crippen LogP contribution in [0, 0.1) is 0 Å². The third kappa shape index (κ3) is 1.51. The van der Waals surface area contributed by atoms with Crippen molar-refractivity contribution < 1.29 is 0 Å². The largest absolute Gasteiger partial charge is 0.341 e. The molecule has 17 heavy (non-hydrogen) atoms. The van der Waals surface area contributed by atoms with Gasteiger partial charge < -0.3 is 10.4 Å². The number of hydrogen-bond acceptors (Lipinski definition) is 5. The molecule has 2 aromatic heterocycles. The molecule has 0 saturated carbocycles. The first-order valence-electron chi connectivity index (χ1n) is 5.12. The van der Waals surface area contributed by atoms with Gasteiger partial charge in [-0.25, -0.2) is 10.8 Å². The molecule has 0 aliphatic heterocycles. The molecular formula is C11H10N6. The fraction of sp³-hybridized carbons (Fsp3) is 0. The van der Waals surface area contributed by atoms with Crippen LogP contribution in [0.15, 0.2) is 36.7 Å². The Morgan fingerprint density at radius 1 is 1.12 bits per heavy atom. The van der Waals surface area contributed by atoms with Crippen LogP contribution in [0.2, 0.25) is 0 Å². The average Bonchev–Trinajstić information content (AvgIpc) is 2.88. The van der Waals surface area contributed by atoms with Crippen LogP contribution >= 0.6 is 0 Å². The number of nitrogens with zero attached hydrogens (tertiary/aromatic N) is 3. The maximum atomic E-state index is 5.36. The SMILES string of the molecule is NNc1nnc(-c2ccccc2)c2nc[nH]c12. The van der Waals surface area contributed by atoms with Gasteiger partial charge in [0.2, 0.25) is 0 Å². The van der Waals surface area contributed by atoms with E-state index in [1.54, 1.807) is 6.33 Å². The lowest BCUT2D eigenvalue weighted by atomic mass is 10.1. The Kier molecular flexibility index (Phi) is 2.20. The van der Waals surface area contributed by atoms with Crippen LogP contribution in [0.1, 0.15) is 0 Å². The van der Waals surface area contributed by atoms with Gasteiger partial charge in [-0.1, -0.05) is 30.3 Å². The predicted molar refractivity (Wildman–Crippen MR) is 64.9 cm³/mol. The Labute approximate surface area is 96.9 Å². The van der Waals surface area contributed by atoms with Gasteiger partial charge in [-0.05, 0) is 0 Å². The van der Waals surface area contributed by atoms with Gasteiger partial charge in [-0.3, -0.25) is 0 Å². The van der Waals surface area contributed by atoms with Crippen molar-refractivity contribution in [3.05, 3.63) is 36.7 Å². The van der Waals surface area contributed by atoms with Crippen molar-refractivity contribution in [1.29, 1.82) is 0 Å². The van der Waals surface area contributed by atoms with Crippen molar-refractivity contribution in [3.63, 3.8) is 0 Å². The van der Waals surface area contributed by atoms with Crippen molar-refractivity contribution in [2.45, 2.75) is 0 Å². The number of nitrogens with two attached hydrogens (primary N) is 1. The van der Waals surface area contributed by atoms with Gasteiger partial charge in [0.25, 0.3) is 0 Å². The molecule has 0 radical (unpaired) electrons. The molecule has 0 amide bonds. The second kappa shape index (κ2) is 3.84. The third-order valence-corrected chi connectivity index (χ3v) is 2.53. The van der Waals surface area contributed by atoms with Crippen LogP contribution in [0.3, 0.4) is 0 Å². The number of nitrogen functional groups attached to an aromatic ring is 1. The average molecular weight is 226 g/mol. The number of aromatic amines is 1. The molecule has 4 N–H and O–H groups in total. The van der Waals surface area contributed by atoms with Gasteiger partial charge in [0, 0.05) is 5.56 Å². The first-order valence-corrected chi connectivity index (χ1v) is 5.12. The van der Waals surface area contributed by atoms with E-state index in [9.17, 15) is 0 Å². The predicted octanol–water partition coefficient (Wildman–Crippen LogP) is 1.31. The molecule has 0 fully saturated rings. The molecule has 0 aliphatic rings. The van der Waals surface area contributed by atoms with Crippen molar-refractivity contribution in [2.75, 3.05) is 5.43 Å². The number of H-pyrrole nitrogens is 1. The van der Waals surface area contributed by atoms with E-state index in [-0.39, 0.29) is 0 Å². The van der Waals surface area contributed by atoms with Crippen molar-refractivity contribution in [1.82, 2.24) is 20.2 Å². The minimum Gasteiger partial charge on any atom is -0.341 e. The number of aromatic nitrogens is 4. The molecule has 3 aromatic rings. The summed E-state index contributed by atoms with van der Waals surface area (Å²) in [5.41, 5.74) is 5.70. The van der Waals surface area contributed by atoms with Gasteiger partial charge >= 0.3 is 0 Å². The maximum absolute atomic E-state index is 5.36. The number of imidazole rings is 1. The zero-order chi connectivity index (χ0) is 11.7. The Balaban J connectivity index is 2.29. The highest BCUT2D eigenvalue weighted by atomic mass is 15.3. The maximum Gasteiger partial charge on any atom is 0.188 e. The molecule has 0 saturated heterocycles. The normalized spacial score (nSPS) is 10.6. The summed E-state index contributed by atoms with van der Waals surface area (Å²) in [5.74, 6) is 5.85. The summed E-state index contributed by atoms with van der Waals surface area (Å²) < 4.78 is 0. The Hall–Kier alpha value is -2.47. The number of anilines is 1. The van der Waals surface area contributed by atoms with Crippen LogP contribution in [0.25, 0.3) is 22.3 Å². The summed E-state index contributed by atoms with van der Waals surface area (Å²) in [6, 6.07) is 9.78. The number of rotatable bonds is 2. The smallest absolute Gasteiger partial charge is 0.188 e. The van der Waals surface area contributed by atoms with E-state index in [1.165, 1.54) is 0 Å². The van der Waals surface area contributed by atoms with Crippen LogP contribution < -0.4 is 11.3 Å². The molecule has 0 atom stereocenters. The summed E-state index contributed by atoms with van der Waals surface area (Å²) in [7, 11) is 0. The lowest BCUT2D eigenvalue weighted by Gasteiger charge is -2.03. The lowest BCUT2D eigenvalue weighted by Crippen LogP contribution is -2.10. The number of hydrazine groups is 1. The molecule has 6 nitrogen and oxygen atoms in total. The van der Waals surface area contributed by atoms with E-state index in [4.69, 9.17) is 5.84 Å². The molecule has 0 bridgehead atoms. The number of fused-ring (bicyclic) bond motifs is 1. The van der Waals surface area contributed by atoms with Gasteiger partial charge in [0.05, 0.1) is 6.33 Å². The zero-order valence-corrected chi connectivity index (χ0v) is 8.88. The molecule has 0 aliphatic carbocycles. The summed E-state index contributed by atoms with van der Waals surface area (Å²) in [6.07, 6.45) is 1.60. The minimum atomic E-state index is 0.484. The highest BCUT2D eigenvalue weighted by molar-refractivity contribution is 5.94. The molecule has 84 valence electrons. The highest BCUT2D eigenvalue weighted by Crippen LogP contribution is 2.26. The van der Waals surface area contributed by atoms with E-state index in [0.717, 1.165) is 22.3 Å². The number of benzene rings is 1. The van der Waals surface area contributed by atoms with Crippen LogP contribution in [-0.2, 0) is 0 Å². The molecule has 6 heteroatoms. The fourth-order valence-electron chi connectivity index (χ4n) is 1.74. The molecule has 3 rings (SSSR count). The number of nitrogens with one attached hydrogen (secondary N) is 2. The minimum absolute atomic E-state index is 0.484. The van der Waals surface area contributed by atoms with Gasteiger partial charge in [0.15, 0.2) is 5.82 Å². The van der Waals surface area contributed by atoms with Crippen LogP contribution in [0.5, 0.6) is 0 Å². The van der Waals surface area contributed by atoms with Crippen LogP contribution in [-0.4, -0.2) is 20.2 Å². The van der Waals surface area contributed by atoms with Crippen molar-refractivity contribution in [3.8, 4) is 11.3 Å². The summed E-state index contributed by atoms with van der Waals surface area (Å²) in [5, 5.41) is 8.16. The summed E-state index contributed by atoms with van der Waals surface area (Å²) in [6.45, 7) is 0. The van der Waals surface area contributed by atoms with Gasteiger partial charge in [-0.15, -0.1) is 10.2 Å². The Bertz CT molecular complexity index is 645. The van der Waals surface area contributed by atoms with Gasteiger partial charge in [0.1, 0.15) is 16.7 Å². The standard InChI is InChI=1S/C11H10N6/c12-15-11-10-9(13-6-14-10)8(16-17-11)7-4-2-1-3-5-7/h1-6H,12H2,(H,13,14)(H,15,17). The fourth-order valence-corrected chi connectivity index (χ4v) is 1.74. The summed E-state index contributed by atoms with van der Waals surface area (Å²) in [4.78, 5) is 7.24. The van der Waals surface area contributed by atoms with E-state index in [1.807, 2.05) is 30.3 Å². The van der Waals surface area contributed by atoms with Crippen molar-refractivity contribution in [2.24, 2.45) is 5.84 Å². The lowest BCUT2D eigenvalue weighted by molar-refractivity contribution is 1.04. The molecule has 0 spiro atoms. The topological polar surface area (TPSA) is 92.5 Å². The van der Waals surface area contributed by atoms with Crippen LogP contribution in [0.4, 0.5) is 5.82 Å². The monoisotopic (exact) mass is 226 g/mol. The first-order chi connectivity index (χ1) is 8.40. The number of hydrogen-bond donors (Lipinski definition) is 3. The molecular weight excluding hydrogens is 216 g/mol. The van der Waals surface area contributed by atoms with E-state index >= 15 is 0 Å². The van der Waals surface area contributed by atoms with Gasteiger partial charge in [-0.2, -0.15) is 0 Å².